The Bertz CT molecular complexity index is 795. The number of anilines is 1. The summed E-state index contributed by atoms with van der Waals surface area (Å²) in [6.45, 7) is 3.27. The summed E-state index contributed by atoms with van der Waals surface area (Å²) in [6.07, 6.45) is 3.47. The first kappa shape index (κ1) is 13.2. The molecule has 0 radical (unpaired) electrons. The van der Waals surface area contributed by atoms with E-state index in [0.29, 0.717) is 12.2 Å². The van der Waals surface area contributed by atoms with E-state index in [1.54, 1.807) is 6.33 Å². The number of rotatable bonds is 3. The van der Waals surface area contributed by atoms with E-state index in [9.17, 15) is 5.11 Å². The molecule has 2 atom stereocenters. The van der Waals surface area contributed by atoms with Crippen molar-refractivity contribution in [3.63, 3.8) is 0 Å². The maximum absolute atomic E-state index is 10.4. The zero-order valence-electron chi connectivity index (χ0n) is 12.2. The van der Waals surface area contributed by atoms with Crippen molar-refractivity contribution in [1.82, 2.24) is 30.1 Å². The highest BCUT2D eigenvalue weighted by Crippen LogP contribution is 2.28. The van der Waals surface area contributed by atoms with Crippen molar-refractivity contribution in [2.24, 2.45) is 5.92 Å². The van der Waals surface area contributed by atoms with Gasteiger partial charge in [0.05, 0.1) is 18.1 Å². The number of aliphatic hydroxyl groups is 1. The van der Waals surface area contributed by atoms with Crippen LogP contribution in [0.4, 0.5) is 5.82 Å². The predicted octanol–water partition coefficient (Wildman–Crippen LogP) is 0.424. The average Bonchev–Trinajstić information content (AvgIpc) is 3.20. The van der Waals surface area contributed by atoms with Gasteiger partial charge in [-0.05, 0) is 19.4 Å². The van der Waals surface area contributed by atoms with Crippen molar-refractivity contribution in [1.29, 1.82) is 0 Å². The highest BCUT2D eigenvalue weighted by atomic mass is 16.3. The summed E-state index contributed by atoms with van der Waals surface area (Å²) in [4.78, 5) is 17.8. The van der Waals surface area contributed by atoms with Crippen LogP contribution in [-0.2, 0) is 6.42 Å². The van der Waals surface area contributed by atoms with Crippen molar-refractivity contribution in [3.05, 3.63) is 30.1 Å². The fourth-order valence-corrected chi connectivity index (χ4v) is 3.07. The molecule has 0 aliphatic carbocycles. The van der Waals surface area contributed by atoms with Crippen molar-refractivity contribution in [2.45, 2.75) is 19.4 Å². The number of imidazole rings is 1. The molecular formula is C14H17N7O. The van der Waals surface area contributed by atoms with Crippen molar-refractivity contribution in [3.8, 4) is 0 Å². The number of H-pyrrole nitrogens is 2. The molecule has 1 saturated heterocycles. The molecule has 0 spiro atoms. The SMILES string of the molecule is Cc1cc(C[C@@H]2CN(c3ncnc4nc[nH]c34)C[C@H]2O)n[nH]1. The van der Waals surface area contributed by atoms with Gasteiger partial charge in [0, 0.05) is 24.7 Å². The van der Waals surface area contributed by atoms with Crippen LogP contribution < -0.4 is 4.90 Å². The molecule has 22 heavy (non-hydrogen) atoms. The molecule has 1 aliphatic heterocycles. The summed E-state index contributed by atoms with van der Waals surface area (Å²) in [6, 6.07) is 2.02. The summed E-state index contributed by atoms with van der Waals surface area (Å²) in [5.41, 5.74) is 3.48. The molecule has 0 amide bonds. The summed E-state index contributed by atoms with van der Waals surface area (Å²) in [7, 11) is 0. The van der Waals surface area contributed by atoms with E-state index in [-0.39, 0.29) is 5.92 Å². The molecule has 0 bridgehead atoms. The Hall–Kier alpha value is -2.48. The number of nitrogens with one attached hydrogen (secondary N) is 2. The monoisotopic (exact) mass is 299 g/mol. The van der Waals surface area contributed by atoms with Gasteiger partial charge in [0.2, 0.25) is 0 Å². The minimum Gasteiger partial charge on any atom is -0.391 e. The van der Waals surface area contributed by atoms with E-state index >= 15 is 0 Å². The van der Waals surface area contributed by atoms with Gasteiger partial charge in [-0.25, -0.2) is 15.0 Å². The zero-order chi connectivity index (χ0) is 15.1. The number of aliphatic hydroxyl groups excluding tert-OH is 1. The molecule has 3 aromatic rings. The van der Waals surface area contributed by atoms with Crippen LogP contribution >= 0.6 is 0 Å². The number of aryl methyl sites for hydroxylation is 1. The Labute approximate surface area is 126 Å². The predicted molar refractivity (Wildman–Crippen MR) is 80.4 cm³/mol. The van der Waals surface area contributed by atoms with Gasteiger partial charge in [-0.3, -0.25) is 5.10 Å². The lowest BCUT2D eigenvalue weighted by molar-refractivity contribution is 0.148. The fourth-order valence-electron chi connectivity index (χ4n) is 3.07. The fraction of sp³-hybridized carbons (Fsp3) is 0.429. The van der Waals surface area contributed by atoms with Gasteiger partial charge >= 0.3 is 0 Å². The van der Waals surface area contributed by atoms with E-state index in [4.69, 9.17) is 0 Å². The quantitative estimate of drug-likeness (QED) is 0.647. The molecule has 3 N–H and O–H groups in total. The second-order valence-electron chi connectivity index (χ2n) is 5.78. The molecule has 0 saturated carbocycles. The highest BCUT2D eigenvalue weighted by molar-refractivity contribution is 5.82. The van der Waals surface area contributed by atoms with Crippen LogP contribution in [0.5, 0.6) is 0 Å². The van der Waals surface area contributed by atoms with Gasteiger partial charge < -0.3 is 15.0 Å². The number of β-amino-alcohol motifs (C(OH)–C–C–N with tert-alkyl or cyclic N) is 1. The van der Waals surface area contributed by atoms with Gasteiger partial charge in [-0.15, -0.1) is 0 Å². The summed E-state index contributed by atoms with van der Waals surface area (Å²) >= 11 is 0. The largest absolute Gasteiger partial charge is 0.391 e. The van der Waals surface area contributed by atoms with Crippen LogP contribution in [-0.4, -0.2) is 54.4 Å². The molecule has 4 rings (SSSR count). The third kappa shape index (κ3) is 2.21. The van der Waals surface area contributed by atoms with Gasteiger partial charge in [0.1, 0.15) is 11.8 Å². The van der Waals surface area contributed by atoms with E-state index in [1.807, 2.05) is 13.0 Å². The topological polar surface area (TPSA) is 107 Å². The van der Waals surface area contributed by atoms with Gasteiger partial charge in [0.15, 0.2) is 11.5 Å². The number of hydrogen-bond donors (Lipinski definition) is 3. The summed E-state index contributed by atoms with van der Waals surface area (Å²) in [5.74, 6) is 0.929. The molecule has 0 aromatic carbocycles. The number of aromatic amines is 2. The van der Waals surface area contributed by atoms with Crippen molar-refractivity contribution >= 4 is 17.0 Å². The van der Waals surface area contributed by atoms with Crippen LogP contribution in [0.3, 0.4) is 0 Å². The minimum atomic E-state index is -0.398. The Balaban J connectivity index is 1.56. The Kier molecular flexibility index (Phi) is 3.04. The lowest BCUT2D eigenvalue weighted by atomic mass is 10.0. The molecule has 3 aromatic heterocycles. The molecule has 4 heterocycles. The first-order chi connectivity index (χ1) is 10.7. The van der Waals surface area contributed by atoms with Gasteiger partial charge in [0.25, 0.3) is 0 Å². The zero-order valence-corrected chi connectivity index (χ0v) is 12.2. The summed E-state index contributed by atoms with van der Waals surface area (Å²) in [5, 5.41) is 17.6. The first-order valence-electron chi connectivity index (χ1n) is 7.28. The third-order valence-electron chi connectivity index (χ3n) is 4.14. The van der Waals surface area contributed by atoms with Gasteiger partial charge in [-0.1, -0.05) is 0 Å². The smallest absolute Gasteiger partial charge is 0.182 e. The van der Waals surface area contributed by atoms with E-state index < -0.39 is 6.10 Å². The molecule has 8 heteroatoms. The molecule has 8 nitrogen and oxygen atoms in total. The summed E-state index contributed by atoms with van der Waals surface area (Å²) < 4.78 is 0. The van der Waals surface area contributed by atoms with Crippen LogP contribution in [0.1, 0.15) is 11.4 Å². The lowest BCUT2D eigenvalue weighted by Gasteiger charge is -2.16. The van der Waals surface area contributed by atoms with Crippen LogP contribution in [0.15, 0.2) is 18.7 Å². The molecule has 0 unspecified atom stereocenters. The van der Waals surface area contributed by atoms with Crippen LogP contribution in [0, 0.1) is 12.8 Å². The Morgan fingerprint density at radius 1 is 1.32 bits per heavy atom. The second-order valence-corrected chi connectivity index (χ2v) is 5.78. The number of hydrogen-bond acceptors (Lipinski definition) is 6. The Morgan fingerprint density at radius 2 is 2.23 bits per heavy atom. The van der Waals surface area contributed by atoms with Crippen molar-refractivity contribution in [2.75, 3.05) is 18.0 Å². The first-order valence-corrected chi connectivity index (χ1v) is 7.28. The molecular weight excluding hydrogens is 282 g/mol. The van der Waals surface area contributed by atoms with E-state index in [0.717, 1.165) is 35.7 Å². The number of aromatic nitrogens is 6. The minimum absolute atomic E-state index is 0.135. The van der Waals surface area contributed by atoms with E-state index in [1.165, 1.54) is 6.33 Å². The maximum atomic E-state index is 10.4. The highest BCUT2D eigenvalue weighted by Gasteiger charge is 2.33. The number of nitrogens with zero attached hydrogens (tertiary/aromatic N) is 5. The lowest BCUT2D eigenvalue weighted by Crippen LogP contribution is -2.22. The second kappa shape index (κ2) is 5.06. The van der Waals surface area contributed by atoms with Crippen LogP contribution in [0.25, 0.3) is 11.2 Å². The third-order valence-corrected chi connectivity index (χ3v) is 4.14. The molecule has 114 valence electrons. The standard InChI is InChI=1S/C14H17N7O/c1-8-2-10(20-19-8)3-9-4-21(5-11(9)22)14-12-13(16-6-15-12)17-7-18-14/h2,6-7,9,11,22H,3-5H2,1H3,(H,19,20)(H,15,16,17,18)/t9-,11-/m1/s1. The number of fused-ring (bicyclic) bond motifs is 1. The van der Waals surface area contributed by atoms with Gasteiger partial charge in [-0.2, -0.15) is 5.10 Å². The maximum Gasteiger partial charge on any atom is 0.182 e. The van der Waals surface area contributed by atoms with Crippen LogP contribution in [0.2, 0.25) is 0 Å². The van der Waals surface area contributed by atoms with E-state index in [2.05, 4.69) is 35.0 Å². The normalized spacial score (nSPS) is 21.8. The average molecular weight is 299 g/mol. The molecule has 1 fully saturated rings. The van der Waals surface area contributed by atoms with Crippen molar-refractivity contribution < 1.29 is 5.11 Å². The Morgan fingerprint density at radius 3 is 3.05 bits per heavy atom. The molecule has 1 aliphatic rings.